The lowest BCUT2D eigenvalue weighted by Crippen LogP contribution is -2.44. The molecule has 2 aliphatic rings. The van der Waals surface area contributed by atoms with E-state index in [0.717, 1.165) is 39.3 Å². The van der Waals surface area contributed by atoms with Crippen molar-refractivity contribution in [3.05, 3.63) is 0 Å². The average molecular weight is 242 g/mol. The molecule has 0 aromatic carbocycles. The molecule has 100 valence electrons. The van der Waals surface area contributed by atoms with Gasteiger partial charge in [-0.2, -0.15) is 0 Å². The number of aliphatic hydroxyl groups is 1. The third kappa shape index (κ3) is 3.65. The minimum atomic E-state index is -0.219. The Morgan fingerprint density at radius 1 is 1.41 bits per heavy atom. The van der Waals surface area contributed by atoms with E-state index in [0.29, 0.717) is 12.0 Å². The molecule has 2 saturated heterocycles. The molecule has 0 aromatic heterocycles. The summed E-state index contributed by atoms with van der Waals surface area (Å²) < 4.78 is 5.35. The topological polar surface area (TPSA) is 35.9 Å². The summed E-state index contributed by atoms with van der Waals surface area (Å²) in [6.45, 7) is 8.01. The highest BCUT2D eigenvalue weighted by Gasteiger charge is 2.28. The minimum absolute atomic E-state index is 0.219. The van der Waals surface area contributed by atoms with E-state index in [9.17, 15) is 5.11 Å². The second kappa shape index (κ2) is 6.14. The van der Waals surface area contributed by atoms with Gasteiger partial charge >= 0.3 is 0 Å². The lowest BCUT2D eigenvalue weighted by molar-refractivity contribution is 0.0445. The van der Waals surface area contributed by atoms with Crippen LogP contribution in [0.25, 0.3) is 0 Å². The molecule has 0 bridgehead atoms. The molecule has 2 aliphatic heterocycles. The summed E-state index contributed by atoms with van der Waals surface area (Å²) in [6.07, 6.45) is 2.00. The Hall–Kier alpha value is -0.160. The number of rotatable bonds is 3. The van der Waals surface area contributed by atoms with Gasteiger partial charge in [0, 0.05) is 31.7 Å². The Morgan fingerprint density at radius 3 is 2.94 bits per heavy atom. The highest BCUT2D eigenvalue weighted by Crippen LogP contribution is 2.19. The monoisotopic (exact) mass is 242 g/mol. The second-order valence-corrected chi connectivity index (χ2v) is 5.65. The number of aliphatic hydroxyl groups excluding tert-OH is 1. The molecule has 0 spiro atoms. The van der Waals surface area contributed by atoms with Crippen molar-refractivity contribution in [2.24, 2.45) is 5.92 Å². The molecule has 0 aliphatic carbocycles. The fourth-order valence-electron chi connectivity index (χ4n) is 2.94. The number of hydrogen-bond acceptors (Lipinski definition) is 4. The van der Waals surface area contributed by atoms with Gasteiger partial charge in [-0.15, -0.1) is 0 Å². The summed E-state index contributed by atoms with van der Waals surface area (Å²) in [7, 11) is 2.18. The molecule has 4 nitrogen and oxygen atoms in total. The minimum Gasteiger partial charge on any atom is -0.391 e. The summed E-state index contributed by atoms with van der Waals surface area (Å²) in [4.78, 5) is 4.82. The van der Waals surface area contributed by atoms with E-state index in [-0.39, 0.29) is 6.10 Å². The largest absolute Gasteiger partial charge is 0.391 e. The normalized spacial score (nSPS) is 34.8. The third-order valence-corrected chi connectivity index (χ3v) is 4.12. The van der Waals surface area contributed by atoms with E-state index in [4.69, 9.17) is 4.74 Å². The first-order valence-electron chi connectivity index (χ1n) is 6.85. The molecule has 3 atom stereocenters. The van der Waals surface area contributed by atoms with Crippen molar-refractivity contribution in [1.82, 2.24) is 9.80 Å². The molecular weight excluding hydrogens is 216 g/mol. The molecule has 0 radical (unpaired) electrons. The lowest BCUT2D eigenvalue weighted by Gasteiger charge is -2.31. The van der Waals surface area contributed by atoms with E-state index in [1.807, 2.05) is 0 Å². The molecule has 2 heterocycles. The van der Waals surface area contributed by atoms with Crippen LogP contribution >= 0.6 is 0 Å². The van der Waals surface area contributed by atoms with Gasteiger partial charge in [0.25, 0.3) is 0 Å². The van der Waals surface area contributed by atoms with Gasteiger partial charge in [0.05, 0.1) is 12.7 Å². The quantitative estimate of drug-likeness (QED) is 0.777. The lowest BCUT2D eigenvalue weighted by atomic mass is 10.0. The summed E-state index contributed by atoms with van der Waals surface area (Å²) in [5.41, 5.74) is 0. The fraction of sp³-hybridized carbons (Fsp3) is 1.00. The SMILES string of the molecule is CC1CN(C)CCCN1CC(O)C1CCOC1. The Labute approximate surface area is 105 Å². The van der Waals surface area contributed by atoms with E-state index >= 15 is 0 Å². The smallest absolute Gasteiger partial charge is 0.0718 e. The van der Waals surface area contributed by atoms with Crippen molar-refractivity contribution in [2.45, 2.75) is 31.9 Å². The molecular formula is C13H26N2O2. The van der Waals surface area contributed by atoms with Crippen molar-refractivity contribution < 1.29 is 9.84 Å². The van der Waals surface area contributed by atoms with E-state index in [1.54, 1.807) is 0 Å². The summed E-state index contributed by atoms with van der Waals surface area (Å²) in [5, 5.41) is 10.2. The number of likely N-dealkylation sites (N-methyl/N-ethyl adjacent to an activating group) is 1. The van der Waals surface area contributed by atoms with Gasteiger partial charge in [0.1, 0.15) is 0 Å². The summed E-state index contributed by atoms with van der Waals surface area (Å²) >= 11 is 0. The van der Waals surface area contributed by atoms with Crippen LogP contribution in [-0.4, -0.2) is 73.5 Å². The van der Waals surface area contributed by atoms with Crippen LogP contribution < -0.4 is 0 Å². The zero-order valence-electron chi connectivity index (χ0n) is 11.1. The van der Waals surface area contributed by atoms with Gasteiger partial charge in [-0.25, -0.2) is 0 Å². The molecule has 0 aromatic rings. The van der Waals surface area contributed by atoms with Crippen molar-refractivity contribution >= 4 is 0 Å². The first kappa shape index (κ1) is 13.3. The van der Waals surface area contributed by atoms with Crippen LogP contribution in [0, 0.1) is 5.92 Å². The number of nitrogens with zero attached hydrogens (tertiary/aromatic N) is 2. The van der Waals surface area contributed by atoms with Crippen LogP contribution in [-0.2, 0) is 4.74 Å². The van der Waals surface area contributed by atoms with Crippen LogP contribution in [0.2, 0.25) is 0 Å². The van der Waals surface area contributed by atoms with Gasteiger partial charge < -0.3 is 14.7 Å². The van der Waals surface area contributed by atoms with Crippen LogP contribution in [0.15, 0.2) is 0 Å². The van der Waals surface area contributed by atoms with E-state index in [1.165, 1.54) is 13.0 Å². The van der Waals surface area contributed by atoms with Crippen LogP contribution in [0.3, 0.4) is 0 Å². The summed E-state index contributed by atoms with van der Waals surface area (Å²) in [6, 6.07) is 0.541. The highest BCUT2D eigenvalue weighted by molar-refractivity contribution is 4.81. The molecule has 2 fully saturated rings. The zero-order chi connectivity index (χ0) is 12.3. The molecule has 4 heteroatoms. The third-order valence-electron chi connectivity index (χ3n) is 4.12. The molecule has 2 rings (SSSR count). The van der Waals surface area contributed by atoms with Crippen molar-refractivity contribution in [2.75, 3.05) is 46.4 Å². The number of β-amino-alcohol motifs (C(OH)–C–C–N with tert-alkyl or cyclic N) is 1. The first-order chi connectivity index (χ1) is 8.16. The first-order valence-corrected chi connectivity index (χ1v) is 6.85. The number of ether oxygens (including phenoxy) is 1. The average Bonchev–Trinajstić information content (AvgIpc) is 2.75. The van der Waals surface area contributed by atoms with Gasteiger partial charge in [-0.1, -0.05) is 0 Å². The van der Waals surface area contributed by atoms with Gasteiger partial charge in [0.2, 0.25) is 0 Å². The Balaban J connectivity index is 1.83. The maximum absolute atomic E-state index is 10.2. The fourth-order valence-corrected chi connectivity index (χ4v) is 2.94. The maximum Gasteiger partial charge on any atom is 0.0718 e. The highest BCUT2D eigenvalue weighted by atomic mass is 16.5. The predicted octanol–water partition coefficient (Wildman–Crippen LogP) is 0.410. The van der Waals surface area contributed by atoms with Crippen LogP contribution in [0.5, 0.6) is 0 Å². The van der Waals surface area contributed by atoms with Gasteiger partial charge in [0.15, 0.2) is 0 Å². The Morgan fingerprint density at radius 2 is 2.24 bits per heavy atom. The van der Waals surface area contributed by atoms with Crippen molar-refractivity contribution in [3.63, 3.8) is 0 Å². The van der Waals surface area contributed by atoms with E-state index < -0.39 is 0 Å². The summed E-state index contributed by atoms with van der Waals surface area (Å²) in [5.74, 6) is 0.350. The van der Waals surface area contributed by atoms with Crippen molar-refractivity contribution in [1.29, 1.82) is 0 Å². The molecule has 3 unspecified atom stereocenters. The predicted molar refractivity (Wildman–Crippen MR) is 68.1 cm³/mol. The van der Waals surface area contributed by atoms with Crippen LogP contribution in [0.4, 0.5) is 0 Å². The molecule has 0 saturated carbocycles. The Kier molecular flexibility index (Phi) is 4.79. The molecule has 0 amide bonds. The molecule has 17 heavy (non-hydrogen) atoms. The molecule has 1 N–H and O–H groups in total. The number of hydrogen-bond donors (Lipinski definition) is 1. The van der Waals surface area contributed by atoms with Gasteiger partial charge in [-0.05, 0) is 39.9 Å². The standard InChI is InChI=1S/C13H26N2O2/c1-11-8-14(2)5-3-6-15(11)9-13(16)12-4-7-17-10-12/h11-13,16H,3-10H2,1-2H3. The van der Waals surface area contributed by atoms with Crippen molar-refractivity contribution in [3.8, 4) is 0 Å². The zero-order valence-corrected chi connectivity index (χ0v) is 11.1. The Bertz CT molecular complexity index is 231. The van der Waals surface area contributed by atoms with Crippen LogP contribution in [0.1, 0.15) is 19.8 Å². The second-order valence-electron chi connectivity index (χ2n) is 5.65. The van der Waals surface area contributed by atoms with Gasteiger partial charge in [-0.3, -0.25) is 4.90 Å². The maximum atomic E-state index is 10.2. The van der Waals surface area contributed by atoms with E-state index in [2.05, 4.69) is 23.8 Å².